The van der Waals surface area contributed by atoms with Gasteiger partial charge >= 0.3 is 0 Å². The van der Waals surface area contributed by atoms with E-state index >= 15 is 0 Å². The molecule has 6 nitrogen and oxygen atoms in total. The van der Waals surface area contributed by atoms with Gasteiger partial charge in [-0.25, -0.2) is 4.98 Å². The first-order valence-corrected chi connectivity index (χ1v) is 8.55. The van der Waals surface area contributed by atoms with Crippen molar-refractivity contribution in [1.82, 2.24) is 20.2 Å². The normalized spacial score (nSPS) is 10.7. The van der Waals surface area contributed by atoms with E-state index in [4.69, 9.17) is 0 Å². The van der Waals surface area contributed by atoms with Crippen molar-refractivity contribution < 1.29 is 4.79 Å². The predicted octanol–water partition coefficient (Wildman–Crippen LogP) is 1.84. The van der Waals surface area contributed by atoms with Crippen molar-refractivity contribution in [3.63, 3.8) is 0 Å². The monoisotopic (exact) mass is 341 g/mol. The highest BCUT2D eigenvalue weighted by atomic mass is 16.1. The molecule has 2 rings (SSSR count). The highest BCUT2D eigenvalue weighted by Gasteiger charge is 2.09. The Morgan fingerprint density at radius 2 is 1.84 bits per heavy atom. The van der Waals surface area contributed by atoms with Crippen LogP contribution in [0.5, 0.6) is 0 Å². The van der Waals surface area contributed by atoms with Crippen LogP contribution in [0.15, 0.2) is 42.9 Å². The highest BCUT2D eigenvalue weighted by Crippen LogP contribution is 2.12. The number of carbonyl (C=O) groups excluding carboxylic acids is 1. The van der Waals surface area contributed by atoms with E-state index in [0.717, 1.165) is 31.7 Å². The van der Waals surface area contributed by atoms with Gasteiger partial charge in [-0.05, 0) is 63.3 Å². The molecule has 6 heteroatoms. The minimum absolute atomic E-state index is 0.0510. The summed E-state index contributed by atoms with van der Waals surface area (Å²) in [6, 6.07) is 7.62. The van der Waals surface area contributed by atoms with Crippen molar-refractivity contribution in [2.75, 3.05) is 45.7 Å². The zero-order chi connectivity index (χ0) is 18.1. The number of anilines is 1. The molecular formula is C19H27N5O. The molecule has 0 aromatic carbocycles. The summed E-state index contributed by atoms with van der Waals surface area (Å²) in [6.07, 6.45) is 7.13. The third-order valence-electron chi connectivity index (χ3n) is 3.95. The van der Waals surface area contributed by atoms with Crippen LogP contribution in [0.4, 0.5) is 5.82 Å². The average Bonchev–Trinajstić information content (AvgIpc) is 2.64. The lowest BCUT2D eigenvalue weighted by atomic mass is 10.2. The van der Waals surface area contributed by atoms with Gasteiger partial charge in [0.15, 0.2) is 0 Å². The van der Waals surface area contributed by atoms with Crippen LogP contribution in [0.25, 0.3) is 0 Å². The molecule has 0 spiro atoms. The van der Waals surface area contributed by atoms with Crippen LogP contribution in [0.3, 0.4) is 0 Å². The topological polar surface area (TPSA) is 61.4 Å². The summed E-state index contributed by atoms with van der Waals surface area (Å²) >= 11 is 0. The second kappa shape index (κ2) is 9.74. The predicted molar refractivity (Wildman–Crippen MR) is 101 cm³/mol. The van der Waals surface area contributed by atoms with E-state index < -0.39 is 0 Å². The number of rotatable bonds is 9. The van der Waals surface area contributed by atoms with Gasteiger partial charge in [0.25, 0.3) is 5.91 Å². The molecule has 2 aromatic heterocycles. The Labute approximate surface area is 149 Å². The molecule has 2 heterocycles. The fourth-order valence-electron chi connectivity index (χ4n) is 2.43. The van der Waals surface area contributed by atoms with Crippen molar-refractivity contribution in [2.24, 2.45) is 0 Å². The summed E-state index contributed by atoms with van der Waals surface area (Å²) in [5.74, 6) is 0.750. The molecule has 0 aliphatic rings. The van der Waals surface area contributed by atoms with Crippen LogP contribution in [0.1, 0.15) is 22.3 Å². The Balaban J connectivity index is 1.87. The molecule has 134 valence electrons. The van der Waals surface area contributed by atoms with Gasteiger partial charge in [0.1, 0.15) is 5.82 Å². The Kier molecular flexibility index (Phi) is 7.35. The number of nitrogens with zero attached hydrogens (tertiary/aromatic N) is 4. The molecule has 0 saturated heterocycles. The third-order valence-corrected chi connectivity index (χ3v) is 3.95. The van der Waals surface area contributed by atoms with Crippen LogP contribution >= 0.6 is 0 Å². The van der Waals surface area contributed by atoms with E-state index in [-0.39, 0.29) is 5.91 Å². The number of aromatic nitrogens is 2. The molecular weight excluding hydrogens is 314 g/mol. The first-order chi connectivity index (χ1) is 12.1. The van der Waals surface area contributed by atoms with Crippen molar-refractivity contribution in [3.8, 4) is 0 Å². The maximum absolute atomic E-state index is 12.3. The van der Waals surface area contributed by atoms with Gasteiger partial charge in [0.2, 0.25) is 0 Å². The maximum atomic E-state index is 12.3. The van der Waals surface area contributed by atoms with Gasteiger partial charge in [-0.15, -0.1) is 0 Å². The van der Waals surface area contributed by atoms with Crippen LogP contribution in [-0.2, 0) is 6.42 Å². The van der Waals surface area contributed by atoms with E-state index in [9.17, 15) is 4.79 Å². The number of hydrogen-bond acceptors (Lipinski definition) is 5. The average molecular weight is 341 g/mol. The number of nitrogens with one attached hydrogen (secondary N) is 1. The molecule has 0 aliphatic carbocycles. The van der Waals surface area contributed by atoms with E-state index in [2.05, 4.69) is 25.1 Å². The standard InChI is InChI=1S/C19H27N5O/c1-23(2)13-4-9-22-19(25)17-7-12-21-18(15-17)24(3)14-8-16-5-10-20-11-6-16/h5-7,10-12,15H,4,8-9,13-14H2,1-3H3,(H,22,25). The molecule has 0 atom stereocenters. The van der Waals surface area contributed by atoms with Gasteiger partial charge in [-0.1, -0.05) is 0 Å². The number of amides is 1. The summed E-state index contributed by atoms with van der Waals surface area (Å²) in [5, 5.41) is 2.96. The summed E-state index contributed by atoms with van der Waals surface area (Å²) in [7, 11) is 6.04. The van der Waals surface area contributed by atoms with Crippen molar-refractivity contribution in [2.45, 2.75) is 12.8 Å². The molecule has 1 N–H and O–H groups in total. The van der Waals surface area contributed by atoms with Gasteiger partial charge < -0.3 is 15.1 Å². The Hall–Kier alpha value is -2.47. The molecule has 0 radical (unpaired) electrons. The Morgan fingerprint density at radius 1 is 1.08 bits per heavy atom. The fourth-order valence-corrected chi connectivity index (χ4v) is 2.43. The Bertz CT molecular complexity index is 660. The zero-order valence-electron chi connectivity index (χ0n) is 15.3. The van der Waals surface area contributed by atoms with Crippen LogP contribution in [0, 0.1) is 0 Å². The lowest BCUT2D eigenvalue weighted by Crippen LogP contribution is -2.27. The van der Waals surface area contributed by atoms with E-state index in [1.54, 1.807) is 24.7 Å². The van der Waals surface area contributed by atoms with E-state index in [1.807, 2.05) is 39.3 Å². The number of likely N-dealkylation sites (N-methyl/N-ethyl adjacent to an activating group) is 1. The highest BCUT2D eigenvalue weighted by molar-refractivity contribution is 5.94. The number of pyridine rings is 2. The minimum Gasteiger partial charge on any atom is -0.359 e. The largest absolute Gasteiger partial charge is 0.359 e. The van der Waals surface area contributed by atoms with Crippen LogP contribution < -0.4 is 10.2 Å². The maximum Gasteiger partial charge on any atom is 0.251 e. The SMILES string of the molecule is CN(C)CCCNC(=O)c1ccnc(N(C)CCc2ccncc2)c1. The quantitative estimate of drug-likeness (QED) is 0.705. The fraction of sp³-hybridized carbons (Fsp3) is 0.421. The second-order valence-corrected chi connectivity index (χ2v) is 6.34. The summed E-state index contributed by atoms with van der Waals surface area (Å²) in [6.45, 7) is 2.46. The zero-order valence-corrected chi connectivity index (χ0v) is 15.3. The summed E-state index contributed by atoms with van der Waals surface area (Å²) < 4.78 is 0. The van der Waals surface area contributed by atoms with Gasteiger partial charge in [-0.2, -0.15) is 0 Å². The molecule has 0 saturated carbocycles. The molecule has 0 fully saturated rings. The van der Waals surface area contributed by atoms with Crippen molar-refractivity contribution in [3.05, 3.63) is 54.0 Å². The molecule has 0 bridgehead atoms. The molecule has 2 aromatic rings. The summed E-state index contributed by atoms with van der Waals surface area (Å²) in [4.78, 5) is 24.8. The van der Waals surface area contributed by atoms with Crippen LogP contribution in [0.2, 0.25) is 0 Å². The second-order valence-electron chi connectivity index (χ2n) is 6.34. The smallest absolute Gasteiger partial charge is 0.251 e. The van der Waals surface area contributed by atoms with E-state index in [1.165, 1.54) is 5.56 Å². The van der Waals surface area contributed by atoms with E-state index in [0.29, 0.717) is 12.1 Å². The third kappa shape index (κ3) is 6.51. The summed E-state index contributed by atoms with van der Waals surface area (Å²) in [5.41, 5.74) is 1.88. The van der Waals surface area contributed by atoms with Gasteiger partial charge in [0.05, 0.1) is 0 Å². The van der Waals surface area contributed by atoms with Gasteiger partial charge in [0, 0.05) is 44.3 Å². The molecule has 1 amide bonds. The first-order valence-electron chi connectivity index (χ1n) is 8.55. The first kappa shape index (κ1) is 18.9. The molecule has 0 unspecified atom stereocenters. The molecule has 0 aliphatic heterocycles. The Morgan fingerprint density at radius 3 is 2.56 bits per heavy atom. The van der Waals surface area contributed by atoms with Crippen LogP contribution in [-0.4, -0.2) is 61.6 Å². The number of hydrogen-bond donors (Lipinski definition) is 1. The van der Waals surface area contributed by atoms with Crippen molar-refractivity contribution >= 4 is 11.7 Å². The van der Waals surface area contributed by atoms with Gasteiger partial charge in [-0.3, -0.25) is 9.78 Å². The number of carbonyl (C=O) groups is 1. The lowest BCUT2D eigenvalue weighted by Gasteiger charge is -2.18. The minimum atomic E-state index is -0.0510. The molecule has 25 heavy (non-hydrogen) atoms. The lowest BCUT2D eigenvalue weighted by molar-refractivity contribution is 0.0952. The van der Waals surface area contributed by atoms with Crippen molar-refractivity contribution in [1.29, 1.82) is 0 Å².